The Balaban J connectivity index is 2.34. The van der Waals surface area contributed by atoms with Crippen LogP contribution in [0.5, 0.6) is 0 Å². The lowest BCUT2D eigenvalue weighted by atomic mass is 10.1. The zero-order valence-electron chi connectivity index (χ0n) is 10.8. The van der Waals surface area contributed by atoms with Gasteiger partial charge in [0, 0.05) is 5.38 Å². The number of alkyl halides is 3. The number of aromatic nitrogens is 1. The number of carbonyl (C=O) groups is 1. The first-order valence-corrected chi connectivity index (χ1v) is 6.60. The Kier molecular flexibility index (Phi) is 4.14. The number of nitrogens with two attached hydrogens (primary N) is 1. The number of nitrogens with one attached hydrogen (secondary N) is 2. The van der Waals surface area contributed by atoms with E-state index in [0.29, 0.717) is 10.8 Å². The zero-order chi connectivity index (χ0) is 15.6. The van der Waals surface area contributed by atoms with Crippen LogP contribution in [-0.4, -0.2) is 10.9 Å². The van der Waals surface area contributed by atoms with E-state index in [1.807, 2.05) is 0 Å². The molecule has 0 radical (unpaired) electrons. The largest absolute Gasteiger partial charge is 0.416 e. The number of rotatable bonds is 3. The Morgan fingerprint density at radius 2 is 2.10 bits per heavy atom. The second kappa shape index (κ2) is 5.70. The van der Waals surface area contributed by atoms with Gasteiger partial charge in [-0.2, -0.15) is 13.2 Å². The summed E-state index contributed by atoms with van der Waals surface area (Å²) in [7, 11) is 0. The molecule has 1 heterocycles. The molecule has 0 saturated carbocycles. The topological polar surface area (TPSA) is 80.0 Å². The predicted molar refractivity (Wildman–Crippen MR) is 74.1 cm³/mol. The predicted octanol–water partition coefficient (Wildman–Crippen LogP) is 3.01. The van der Waals surface area contributed by atoms with E-state index in [1.54, 1.807) is 12.3 Å². The lowest BCUT2D eigenvalue weighted by Crippen LogP contribution is -2.18. The quantitative estimate of drug-likeness (QED) is 0.601. The van der Waals surface area contributed by atoms with Crippen molar-refractivity contribution in [1.29, 1.82) is 0 Å². The van der Waals surface area contributed by atoms with Crippen molar-refractivity contribution in [3.05, 3.63) is 40.4 Å². The van der Waals surface area contributed by atoms with E-state index in [2.05, 4.69) is 15.7 Å². The second-order valence-corrected chi connectivity index (χ2v) is 5.01. The fraction of sp³-hybridized carbons (Fsp3) is 0.167. The van der Waals surface area contributed by atoms with Crippen molar-refractivity contribution in [3.63, 3.8) is 0 Å². The van der Waals surface area contributed by atoms with Crippen LogP contribution in [0.1, 0.15) is 21.6 Å². The van der Waals surface area contributed by atoms with Crippen LogP contribution >= 0.6 is 11.3 Å². The van der Waals surface area contributed by atoms with E-state index in [4.69, 9.17) is 5.84 Å². The average Bonchev–Trinajstić information content (AvgIpc) is 2.82. The lowest BCUT2D eigenvalue weighted by Gasteiger charge is -2.12. The molecule has 112 valence electrons. The van der Waals surface area contributed by atoms with Gasteiger partial charge in [-0.15, -0.1) is 11.3 Å². The Morgan fingerprint density at radius 1 is 1.38 bits per heavy atom. The van der Waals surface area contributed by atoms with E-state index in [9.17, 15) is 18.0 Å². The van der Waals surface area contributed by atoms with Crippen molar-refractivity contribution in [2.75, 3.05) is 10.7 Å². The molecule has 5 nitrogen and oxygen atoms in total. The Hall–Kier alpha value is -2.13. The van der Waals surface area contributed by atoms with Gasteiger partial charge in [0.15, 0.2) is 5.13 Å². The van der Waals surface area contributed by atoms with Crippen LogP contribution < -0.4 is 16.6 Å². The number of nitrogens with zero attached hydrogens (tertiary/aromatic N) is 1. The summed E-state index contributed by atoms with van der Waals surface area (Å²) in [6.45, 7) is 1.74. The maximum atomic E-state index is 12.7. The molecular weight excluding hydrogens is 305 g/mol. The second-order valence-electron chi connectivity index (χ2n) is 4.15. The zero-order valence-corrected chi connectivity index (χ0v) is 11.6. The fourth-order valence-corrected chi connectivity index (χ4v) is 2.29. The van der Waals surface area contributed by atoms with Gasteiger partial charge in [-0.25, -0.2) is 4.98 Å². The molecule has 0 fully saturated rings. The van der Waals surface area contributed by atoms with Crippen LogP contribution in [0.15, 0.2) is 23.6 Å². The van der Waals surface area contributed by atoms with Gasteiger partial charge in [0.1, 0.15) is 0 Å². The number of hydrazine groups is 1. The first kappa shape index (κ1) is 15.3. The number of carbonyl (C=O) groups excluding carboxylic acids is 1. The first-order chi connectivity index (χ1) is 9.81. The van der Waals surface area contributed by atoms with Gasteiger partial charge in [-0.3, -0.25) is 16.0 Å². The van der Waals surface area contributed by atoms with Gasteiger partial charge >= 0.3 is 6.18 Å². The van der Waals surface area contributed by atoms with Crippen molar-refractivity contribution in [3.8, 4) is 0 Å². The summed E-state index contributed by atoms with van der Waals surface area (Å²) in [4.78, 5) is 16.1. The lowest BCUT2D eigenvalue weighted by molar-refractivity contribution is -0.137. The van der Waals surface area contributed by atoms with E-state index in [-0.39, 0.29) is 11.3 Å². The highest BCUT2D eigenvalue weighted by Gasteiger charge is 2.31. The van der Waals surface area contributed by atoms with Crippen molar-refractivity contribution in [2.24, 2.45) is 5.84 Å². The van der Waals surface area contributed by atoms with Crippen LogP contribution in [0.2, 0.25) is 0 Å². The minimum Gasteiger partial charge on any atom is -0.323 e. The Morgan fingerprint density at radius 3 is 2.62 bits per heavy atom. The molecule has 1 aromatic carbocycles. The monoisotopic (exact) mass is 316 g/mol. The number of aryl methyl sites for hydroxylation is 1. The Bertz CT molecular complexity index is 669. The highest BCUT2D eigenvalue weighted by atomic mass is 32.1. The summed E-state index contributed by atoms with van der Waals surface area (Å²) in [5.41, 5.74) is 1.86. The molecule has 9 heteroatoms. The minimum absolute atomic E-state index is 0.0915. The maximum Gasteiger partial charge on any atom is 0.416 e. The number of hydrogen-bond acceptors (Lipinski definition) is 5. The summed E-state index contributed by atoms with van der Waals surface area (Å²) >= 11 is 1.18. The smallest absolute Gasteiger partial charge is 0.323 e. The molecule has 1 amide bonds. The van der Waals surface area contributed by atoms with Crippen molar-refractivity contribution in [1.82, 2.24) is 4.98 Å². The third-order valence-corrected chi connectivity index (χ3v) is 3.46. The number of nitrogen functional groups attached to an aromatic ring is 1. The third-order valence-electron chi connectivity index (χ3n) is 2.59. The van der Waals surface area contributed by atoms with Gasteiger partial charge in [-0.1, -0.05) is 0 Å². The summed E-state index contributed by atoms with van der Waals surface area (Å²) < 4.78 is 38.1. The molecule has 21 heavy (non-hydrogen) atoms. The summed E-state index contributed by atoms with van der Waals surface area (Å²) in [6, 6.07) is 2.69. The third kappa shape index (κ3) is 3.50. The molecule has 0 aliphatic carbocycles. The number of benzene rings is 1. The van der Waals surface area contributed by atoms with Crippen molar-refractivity contribution < 1.29 is 18.0 Å². The van der Waals surface area contributed by atoms with Gasteiger partial charge in [0.05, 0.1) is 22.5 Å². The van der Waals surface area contributed by atoms with E-state index in [1.165, 1.54) is 11.3 Å². The molecule has 0 aliphatic heterocycles. The molecule has 0 spiro atoms. The van der Waals surface area contributed by atoms with Crippen LogP contribution in [-0.2, 0) is 6.18 Å². The number of hydrogen-bond donors (Lipinski definition) is 3. The van der Waals surface area contributed by atoms with Crippen LogP contribution in [0.25, 0.3) is 0 Å². The van der Waals surface area contributed by atoms with E-state index < -0.39 is 17.6 Å². The van der Waals surface area contributed by atoms with Gasteiger partial charge < -0.3 is 5.43 Å². The molecule has 2 aromatic rings. The fourth-order valence-electron chi connectivity index (χ4n) is 1.61. The average molecular weight is 316 g/mol. The van der Waals surface area contributed by atoms with Crippen LogP contribution in [0.4, 0.5) is 24.0 Å². The Labute approximate surface area is 122 Å². The van der Waals surface area contributed by atoms with Crippen LogP contribution in [0, 0.1) is 6.92 Å². The van der Waals surface area contributed by atoms with Crippen molar-refractivity contribution >= 4 is 28.1 Å². The molecule has 2 rings (SSSR count). The molecule has 0 unspecified atom stereocenters. The SMILES string of the molecule is Cc1csc(NC(=O)c2cc(C(F)(F)F)ccc2NN)n1. The number of anilines is 2. The molecule has 1 aromatic heterocycles. The molecule has 4 N–H and O–H groups in total. The maximum absolute atomic E-state index is 12.7. The van der Waals surface area contributed by atoms with Gasteiger partial charge in [0.2, 0.25) is 0 Å². The number of thiazole rings is 1. The molecule has 0 atom stereocenters. The summed E-state index contributed by atoms with van der Waals surface area (Å²) in [6.07, 6.45) is -4.54. The summed E-state index contributed by atoms with van der Waals surface area (Å²) in [5, 5.41) is 4.45. The first-order valence-electron chi connectivity index (χ1n) is 5.72. The highest BCUT2D eigenvalue weighted by Crippen LogP contribution is 2.32. The summed E-state index contributed by atoms with van der Waals surface area (Å²) in [5.74, 6) is 4.50. The van der Waals surface area contributed by atoms with Gasteiger partial charge in [-0.05, 0) is 25.1 Å². The highest BCUT2D eigenvalue weighted by molar-refractivity contribution is 7.13. The van der Waals surface area contributed by atoms with Crippen molar-refractivity contribution in [2.45, 2.75) is 13.1 Å². The van der Waals surface area contributed by atoms with E-state index in [0.717, 1.165) is 18.2 Å². The molecule has 0 aliphatic rings. The number of amides is 1. The van der Waals surface area contributed by atoms with Gasteiger partial charge in [0.25, 0.3) is 5.91 Å². The van der Waals surface area contributed by atoms with Crippen LogP contribution in [0.3, 0.4) is 0 Å². The normalized spacial score (nSPS) is 11.3. The molecule has 0 bridgehead atoms. The standard InChI is InChI=1S/C12H11F3N4OS/c1-6-5-21-11(17-6)18-10(20)8-4-7(12(13,14)15)2-3-9(8)19-16/h2-5,19H,16H2,1H3,(H,17,18,20). The molecular formula is C12H11F3N4OS. The molecule has 0 saturated heterocycles. The number of halogens is 3. The van der Waals surface area contributed by atoms with E-state index >= 15 is 0 Å². The minimum atomic E-state index is -4.54.